The van der Waals surface area contributed by atoms with Crippen molar-refractivity contribution in [2.75, 3.05) is 7.11 Å². The fourth-order valence-electron chi connectivity index (χ4n) is 3.88. The van der Waals surface area contributed by atoms with Gasteiger partial charge >= 0.3 is 5.97 Å². The largest absolute Gasteiger partial charge is 0.468 e. The molecule has 1 rings (SSSR count). The van der Waals surface area contributed by atoms with Crippen LogP contribution in [0.5, 0.6) is 0 Å². The van der Waals surface area contributed by atoms with Crippen LogP contribution >= 0.6 is 0 Å². The molecule has 1 aliphatic carbocycles. The predicted octanol–water partition coefficient (Wildman–Crippen LogP) is 3.38. The molecule has 0 saturated heterocycles. The van der Waals surface area contributed by atoms with Gasteiger partial charge in [0, 0.05) is 6.04 Å². The van der Waals surface area contributed by atoms with Crippen molar-refractivity contribution in [3.8, 4) is 0 Å². The Balaban J connectivity index is 2.76. The van der Waals surface area contributed by atoms with Crippen LogP contribution in [0.3, 0.4) is 0 Å². The summed E-state index contributed by atoms with van der Waals surface area (Å²) in [5.41, 5.74) is 0.661. The molecule has 0 aromatic rings. The van der Waals surface area contributed by atoms with Crippen molar-refractivity contribution in [2.45, 2.75) is 72.9 Å². The zero-order valence-corrected chi connectivity index (χ0v) is 13.7. The highest BCUT2D eigenvalue weighted by Gasteiger charge is 2.40. The first-order valence-corrected chi connectivity index (χ1v) is 7.40. The van der Waals surface area contributed by atoms with E-state index in [0.717, 1.165) is 12.8 Å². The van der Waals surface area contributed by atoms with Gasteiger partial charge in [0.2, 0.25) is 0 Å². The Morgan fingerprint density at radius 1 is 1.16 bits per heavy atom. The van der Waals surface area contributed by atoms with E-state index < -0.39 is 0 Å². The van der Waals surface area contributed by atoms with E-state index in [2.05, 4.69) is 46.9 Å². The number of rotatable bonds is 4. The Kier molecular flexibility index (Phi) is 5.05. The second-order valence-electron chi connectivity index (χ2n) is 8.02. The Labute approximate surface area is 118 Å². The molecule has 112 valence electrons. The van der Waals surface area contributed by atoms with Gasteiger partial charge in [0.25, 0.3) is 0 Å². The van der Waals surface area contributed by atoms with Crippen LogP contribution in [0.1, 0.15) is 60.8 Å². The first-order chi connectivity index (χ1) is 8.56. The second kappa shape index (κ2) is 5.82. The highest BCUT2D eigenvalue weighted by Crippen LogP contribution is 2.45. The van der Waals surface area contributed by atoms with Crippen molar-refractivity contribution >= 4 is 5.97 Å². The van der Waals surface area contributed by atoms with Crippen LogP contribution in [-0.2, 0) is 9.53 Å². The summed E-state index contributed by atoms with van der Waals surface area (Å²) in [5.74, 6) is 0.108. The summed E-state index contributed by atoms with van der Waals surface area (Å²) in [6.45, 7) is 13.4. The normalized spacial score (nSPS) is 24.2. The molecule has 19 heavy (non-hydrogen) atoms. The molecule has 3 heteroatoms. The first-order valence-electron chi connectivity index (χ1n) is 7.40. The van der Waals surface area contributed by atoms with Crippen LogP contribution in [0, 0.1) is 16.7 Å². The number of carbonyl (C=O) groups is 1. The Bertz CT molecular complexity index is 305. The quantitative estimate of drug-likeness (QED) is 0.795. The zero-order valence-electron chi connectivity index (χ0n) is 13.7. The molecule has 1 saturated carbocycles. The molecule has 0 heterocycles. The minimum Gasteiger partial charge on any atom is -0.468 e. The van der Waals surface area contributed by atoms with Gasteiger partial charge in [0.1, 0.15) is 6.04 Å². The van der Waals surface area contributed by atoms with Crippen molar-refractivity contribution < 1.29 is 9.53 Å². The average Bonchev–Trinajstić information content (AvgIpc) is 2.20. The lowest BCUT2D eigenvalue weighted by Gasteiger charge is -2.46. The summed E-state index contributed by atoms with van der Waals surface area (Å²) >= 11 is 0. The molecule has 0 bridgehead atoms. The summed E-state index contributed by atoms with van der Waals surface area (Å²) in [4.78, 5) is 11.9. The number of ether oxygens (including phenoxy) is 1. The number of hydrogen-bond donors (Lipinski definition) is 1. The van der Waals surface area contributed by atoms with Gasteiger partial charge in [0.15, 0.2) is 0 Å². The van der Waals surface area contributed by atoms with Crippen molar-refractivity contribution in [1.29, 1.82) is 0 Å². The molecule has 1 atom stereocenters. The molecular formula is C16H31NO2. The van der Waals surface area contributed by atoms with Gasteiger partial charge in [-0.3, -0.25) is 4.79 Å². The number of hydrogen-bond acceptors (Lipinski definition) is 3. The third-order valence-electron chi connectivity index (χ3n) is 4.09. The van der Waals surface area contributed by atoms with Gasteiger partial charge in [-0.1, -0.05) is 41.5 Å². The average molecular weight is 269 g/mol. The summed E-state index contributed by atoms with van der Waals surface area (Å²) in [6, 6.07) is 0.199. The molecule has 0 spiro atoms. The van der Waals surface area contributed by atoms with E-state index in [-0.39, 0.29) is 17.9 Å². The third kappa shape index (κ3) is 4.79. The van der Waals surface area contributed by atoms with Gasteiger partial charge in [-0.05, 0) is 36.0 Å². The predicted molar refractivity (Wildman–Crippen MR) is 79.0 cm³/mol. The highest BCUT2D eigenvalue weighted by molar-refractivity contribution is 5.75. The van der Waals surface area contributed by atoms with Crippen LogP contribution in [0.25, 0.3) is 0 Å². The van der Waals surface area contributed by atoms with E-state index >= 15 is 0 Å². The summed E-state index contributed by atoms with van der Waals surface area (Å²) < 4.78 is 4.92. The number of nitrogens with one attached hydrogen (secondary N) is 1. The second-order valence-corrected chi connectivity index (χ2v) is 8.02. The molecule has 0 aliphatic heterocycles. The maximum absolute atomic E-state index is 11.9. The molecule has 3 nitrogen and oxygen atoms in total. The monoisotopic (exact) mass is 269 g/mol. The van der Waals surface area contributed by atoms with E-state index in [4.69, 9.17) is 4.74 Å². The lowest BCUT2D eigenvalue weighted by molar-refractivity contribution is -0.145. The number of methoxy groups -OCH3 is 1. The van der Waals surface area contributed by atoms with Crippen LogP contribution in [0.2, 0.25) is 0 Å². The van der Waals surface area contributed by atoms with E-state index in [1.165, 1.54) is 13.5 Å². The number of carbonyl (C=O) groups excluding carboxylic acids is 1. The number of esters is 1. The van der Waals surface area contributed by atoms with E-state index in [9.17, 15) is 4.79 Å². The fraction of sp³-hybridized carbons (Fsp3) is 0.938. The molecule has 1 unspecified atom stereocenters. The molecule has 0 aromatic heterocycles. The molecule has 1 N–H and O–H groups in total. The van der Waals surface area contributed by atoms with E-state index in [0.29, 0.717) is 16.9 Å². The van der Waals surface area contributed by atoms with Gasteiger partial charge in [-0.2, -0.15) is 0 Å². The minimum absolute atomic E-state index is 0.142. The van der Waals surface area contributed by atoms with Crippen LogP contribution in [0.15, 0.2) is 0 Å². The van der Waals surface area contributed by atoms with Crippen molar-refractivity contribution in [2.24, 2.45) is 16.7 Å². The molecule has 0 amide bonds. The van der Waals surface area contributed by atoms with Gasteiger partial charge in [0.05, 0.1) is 7.11 Å². The lowest BCUT2D eigenvalue weighted by Crippen LogP contribution is -2.52. The van der Waals surface area contributed by atoms with Crippen molar-refractivity contribution in [1.82, 2.24) is 5.32 Å². The third-order valence-corrected chi connectivity index (χ3v) is 4.09. The SMILES string of the molecule is COC(=O)C(NC1CC(C)(C)CC(C)(C)C1)C(C)C. The Morgan fingerprint density at radius 3 is 2.00 bits per heavy atom. The minimum atomic E-state index is -0.195. The van der Waals surface area contributed by atoms with Crippen LogP contribution in [-0.4, -0.2) is 25.2 Å². The van der Waals surface area contributed by atoms with Crippen molar-refractivity contribution in [3.05, 3.63) is 0 Å². The topological polar surface area (TPSA) is 38.3 Å². The molecule has 0 aromatic carbocycles. The van der Waals surface area contributed by atoms with E-state index in [1.807, 2.05) is 0 Å². The highest BCUT2D eigenvalue weighted by atomic mass is 16.5. The standard InChI is InChI=1S/C16H31NO2/c1-11(2)13(14(18)19-7)17-12-8-15(3,4)10-16(5,6)9-12/h11-13,17H,8-10H2,1-7H3. The van der Waals surface area contributed by atoms with Gasteiger partial charge in [-0.15, -0.1) is 0 Å². The maximum atomic E-state index is 11.9. The van der Waals surface area contributed by atoms with E-state index in [1.54, 1.807) is 0 Å². The van der Waals surface area contributed by atoms with Gasteiger partial charge < -0.3 is 10.1 Å². The Morgan fingerprint density at radius 2 is 1.63 bits per heavy atom. The smallest absolute Gasteiger partial charge is 0.323 e. The summed E-state index contributed by atoms with van der Waals surface area (Å²) in [6.07, 6.45) is 3.48. The molecular weight excluding hydrogens is 238 g/mol. The lowest BCUT2D eigenvalue weighted by atomic mass is 9.63. The first kappa shape index (κ1) is 16.5. The fourth-order valence-corrected chi connectivity index (χ4v) is 3.88. The van der Waals surface area contributed by atoms with Crippen molar-refractivity contribution in [3.63, 3.8) is 0 Å². The summed E-state index contributed by atoms with van der Waals surface area (Å²) in [5, 5.41) is 3.54. The van der Waals surface area contributed by atoms with Crippen LogP contribution < -0.4 is 5.32 Å². The summed E-state index contributed by atoms with van der Waals surface area (Å²) in [7, 11) is 1.47. The van der Waals surface area contributed by atoms with Crippen LogP contribution in [0.4, 0.5) is 0 Å². The zero-order chi connectivity index (χ0) is 14.8. The molecule has 0 radical (unpaired) electrons. The Hall–Kier alpha value is -0.570. The molecule has 1 fully saturated rings. The van der Waals surface area contributed by atoms with Gasteiger partial charge in [-0.25, -0.2) is 0 Å². The maximum Gasteiger partial charge on any atom is 0.323 e. The molecule has 1 aliphatic rings.